The summed E-state index contributed by atoms with van der Waals surface area (Å²) >= 11 is 0. The minimum absolute atomic E-state index is 0.684. The van der Waals surface area contributed by atoms with Crippen molar-refractivity contribution < 1.29 is 9.47 Å². The first-order chi connectivity index (χ1) is 13.3. The minimum Gasteiger partial charge on any atom is -0.381 e. The lowest BCUT2D eigenvalue weighted by molar-refractivity contribution is 0.0205. The molecule has 27 heavy (non-hydrogen) atoms. The number of ether oxygens (including phenoxy) is 2. The summed E-state index contributed by atoms with van der Waals surface area (Å²) in [5.41, 5.74) is 0. The maximum atomic E-state index is 5.82. The Bertz CT molecular complexity index is 400. The first-order valence-electron chi connectivity index (χ1n) is 11.2. The van der Waals surface area contributed by atoms with E-state index in [0.717, 1.165) is 77.3 Å². The van der Waals surface area contributed by atoms with Crippen molar-refractivity contribution in [3.05, 3.63) is 0 Å². The highest BCUT2D eigenvalue weighted by Gasteiger charge is 2.17. The number of nitrogens with zero attached hydrogens (tertiary/aromatic N) is 2. The number of nitrogens with one attached hydrogen (secondary N) is 2. The number of guanidine groups is 1. The first-order valence-corrected chi connectivity index (χ1v) is 11.2. The van der Waals surface area contributed by atoms with E-state index in [1.54, 1.807) is 0 Å². The van der Waals surface area contributed by atoms with Crippen LogP contribution in [0.2, 0.25) is 0 Å². The molecule has 0 aromatic rings. The van der Waals surface area contributed by atoms with Crippen LogP contribution in [0.15, 0.2) is 4.99 Å². The number of rotatable bonds is 11. The molecule has 2 rings (SSSR count). The third-order valence-corrected chi connectivity index (χ3v) is 5.61. The average Bonchev–Trinajstić information content (AvgIpc) is 2.69. The van der Waals surface area contributed by atoms with Crippen LogP contribution in [0, 0.1) is 5.92 Å². The fraction of sp³-hybridized carbons (Fsp3) is 0.952. The highest BCUT2D eigenvalue weighted by Crippen LogP contribution is 2.16. The smallest absolute Gasteiger partial charge is 0.191 e. The second-order valence-corrected chi connectivity index (χ2v) is 7.91. The van der Waals surface area contributed by atoms with E-state index in [1.807, 2.05) is 0 Å². The number of hydrogen-bond acceptors (Lipinski definition) is 4. The molecule has 0 saturated carbocycles. The first kappa shape index (κ1) is 22.4. The Labute approximate surface area is 166 Å². The summed E-state index contributed by atoms with van der Waals surface area (Å²) in [6.45, 7) is 13.1. The van der Waals surface area contributed by atoms with Gasteiger partial charge in [0.1, 0.15) is 0 Å². The normalized spacial score (nSPS) is 22.7. The molecule has 2 heterocycles. The van der Waals surface area contributed by atoms with Crippen LogP contribution in [0.3, 0.4) is 0 Å². The standard InChI is InChI=1S/C21H42N4O2/c1-3-22-21(23-11-6-14-25-13-5-4-8-19(25)2)24-12-7-15-27-18-20-9-16-26-17-10-20/h19-20H,3-18H2,1-2H3,(H2,22,23,24). The highest BCUT2D eigenvalue weighted by atomic mass is 16.5. The highest BCUT2D eigenvalue weighted by molar-refractivity contribution is 5.79. The molecule has 2 aliphatic rings. The lowest BCUT2D eigenvalue weighted by Crippen LogP contribution is -2.41. The molecule has 0 aliphatic carbocycles. The van der Waals surface area contributed by atoms with Crippen LogP contribution in [0.25, 0.3) is 0 Å². The van der Waals surface area contributed by atoms with Gasteiger partial charge < -0.3 is 25.0 Å². The molecule has 1 unspecified atom stereocenters. The van der Waals surface area contributed by atoms with Crippen LogP contribution >= 0.6 is 0 Å². The van der Waals surface area contributed by atoms with Crippen LogP contribution in [0.5, 0.6) is 0 Å². The lowest BCUT2D eigenvalue weighted by Gasteiger charge is -2.33. The third-order valence-electron chi connectivity index (χ3n) is 5.61. The molecular formula is C21H42N4O2. The average molecular weight is 383 g/mol. The topological polar surface area (TPSA) is 58.1 Å². The van der Waals surface area contributed by atoms with Crippen molar-refractivity contribution in [1.82, 2.24) is 15.5 Å². The summed E-state index contributed by atoms with van der Waals surface area (Å²) in [6, 6.07) is 0.752. The summed E-state index contributed by atoms with van der Waals surface area (Å²) < 4.78 is 11.2. The molecule has 0 bridgehead atoms. The predicted octanol–water partition coefficient (Wildman–Crippen LogP) is 2.64. The fourth-order valence-corrected chi connectivity index (χ4v) is 3.84. The van der Waals surface area contributed by atoms with Gasteiger partial charge in [0.15, 0.2) is 5.96 Å². The summed E-state index contributed by atoms with van der Waals surface area (Å²) in [5.74, 6) is 1.62. The van der Waals surface area contributed by atoms with Gasteiger partial charge in [-0.25, -0.2) is 0 Å². The van der Waals surface area contributed by atoms with Gasteiger partial charge in [-0.1, -0.05) is 6.42 Å². The zero-order chi connectivity index (χ0) is 19.2. The molecule has 2 fully saturated rings. The summed E-state index contributed by atoms with van der Waals surface area (Å²) in [4.78, 5) is 7.31. The molecule has 0 amide bonds. The summed E-state index contributed by atoms with van der Waals surface area (Å²) in [7, 11) is 0. The maximum absolute atomic E-state index is 5.82. The van der Waals surface area contributed by atoms with Gasteiger partial charge in [-0.3, -0.25) is 4.99 Å². The Hall–Kier alpha value is -0.850. The summed E-state index contributed by atoms with van der Waals surface area (Å²) in [5, 5.41) is 6.82. The van der Waals surface area contributed by atoms with Crippen LogP contribution in [-0.2, 0) is 9.47 Å². The predicted molar refractivity (Wildman–Crippen MR) is 112 cm³/mol. The number of hydrogen-bond donors (Lipinski definition) is 2. The zero-order valence-corrected chi connectivity index (χ0v) is 17.7. The zero-order valence-electron chi connectivity index (χ0n) is 17.7. The lowest BCUT2D eigenvalue weighted by atomic mass is 10.0. The molecule has 2 saturated heterocycles. The van der Waals surface area contributed by atoms with E-state index in [-0.39, 0.29) is 0 Å². The van der Waals surface area contributed by atoms with Crippen molar-refractivity contribution in [3.63, 3.8) is 0 Å². The second kappa shape index (κ2) is 14.2. The Morgan fingerprint density at radius 1 is 1.15 bits per heavy atom. The molecule has 0 aromatic carbocycles. The van der Waals surface area contributed by atoms with E-state index in [4.69, 9.17) is 9.47 Å². The van der Waals surface area contributed by atoms with Crippen LogP contribution in [0.1, 0.15) is 58.8 Å². The maximum Gasteiger partial charge on any atom is 0.191 e. The SMILES string of the molecule is CCNC(=NCCCOCC1CCOCC1)NCCCN1CCCCC1C. The molecular weight excluding hydrogens is 340 g/mol. The minimum atomic E-state index is 0.684. The third kappa shape index (κ3) is 9.77. The largest absolute Gasteiger partial charge is 0.381 e. The van der Waals surface area contributed by atoms with Crippen molar-refractivity contribution in [2.75, 3.05) is 59.2 Å². The van der Waals surface area contributed by atoms with Crippen LogP contribution in [0.4, 0.5) is 0 Å². The molecule has 0 radical (unpaired) electrons. The van der Waals surface area contributed by atoms with E-state index in [2.05, 4.69) is 34.4 Å². The van der Waals surface area contributed by atoms with E-state index < -0.39 is 0 Å². The van der Waals surface area contributed by atoms with Crippen molar-refractivity contribution in [3.8, 4) is 0 Å². The van der Waals surface area contributed by atoms with Crippen LogP contribution < -0.4 is 10.6 Å². The van der Waals surface area contributed by atoms with E-state index in [0.29, 0.717) is 5.92 Å². The molecule has 1 atom stereocenters. The van der Waals surface area contributed by atoms with Crippen LogP contribution in [-0.4, -0.2) is 76.1 Å². The van der Waals surface area contributed by atoms with Crippen molar-refractivity contribution in [2.45, 2.75) is 64.8 Å². The van der Waals surface area contributed by atoms with E-state index >= 15 is 0 Å². The number of aliphatic imine (C=N–C) groups is 1. The quantitative estimate of drug-likeness (QED) is 0.327. The van der Waals surface area contributed by atoms with Gasteiger partial charge in [0.25, 0.3) is 0 Å². The van der Waals surface area contributed by atoms with Crippen molar-refractivity contribution in [2.24, 2.45) is 10.9 Å². The van der Waals surface area contributed by atoms with Gasteiger partial charge in [-0.2, -0.15) is 0 Å². The fourth-order valence-electron chi connectivity index (χ4n) is 3.84. The monoisotopic (exact) mass is 382 g/mol. The molecule has 0 spiro atoms. The molecule has 0 aromatic heterocycles. The Morgan fingerprint density at radius 2 is 2.00 bits per heavy atom. The number of likely N-dealkylation sites (tertiary alicyclic amines) is 1. The van der Waals surface area contributed by atoms with Gasteiger partial charge in [-0.15, -0.1) is 0 Å². The molecule has 6 heteroatoms. The number of piperidine rings is 1. The van der Waals surface area contributed by atoms with Gasteiger partial charge >= 0.3 is 0 Å². The Balaban J connectivity index is 1.52. The molecule has 2 aliphatic heterocycles. The molecule has 158 valence electrons. The van der Waals surface area contributed by atoms with Gasteiger partial charge in [0, 0.05) is 58.6 Å². The van der Waals surface area contributed by atoms with Crippen molar-refractivity contribution in [1.29, 1.82) is 0 Å². The summed E-state index contributed by atoms with van der Waals surface area (Å²) in [6.07, 6.45) is 8.54. The van der Waals surface area contributed by atoms with Crippen molar-refractivity contribution >= 4 is 5.96 Å². The van der Waals surface area contributed by atoms with E-state index in [1.165, 1.54) is 38.8 Å². The van der Waals surface area contributed by atoms with Gasteiger partial charge in [0.05, 0.1) is 0 Å². The van der Waals surface area contributed by atoms with Gasteiger partial charge in [0.2, 0.25) is 0 Å². The Morgan fingerprint density at radius 3 is 2.78 bits per heavy atom. The molecule has 6 nitrogen and oxygen atoms in total. The Kier molecular flexibility index (Phi) is 11.8. The second-order valence-electron chi connectivity index (χ2n) is 7.91. The van der Waals surface area contributed by atoms with E-state index in [9.17, 15) is 0 Å². The molecule has 2 N–H and O–H groups in total. The van der Waals surface area contributed by atoms with Gasteiger partial charge in [-0.05, 0) is 64.8 Å².